The molecule has 2 aromatic carbocycles. The van der Waals surface area contributed by atoms with Gasteiger partial charge in [-0.2, -0.15) is 0 Å². The minimum Gasteiger partial charge on any atom is -0.508 e. The van der Waals surface area contributed by atoms with Crippen LogP contribution in [0.3, 0.4) is 0 Å². The molecule has 5 nitrogen and oxygen atoms in total. The van der Waals surface area contributed by atoms with Gasteiger partial charge in [-0.3, -0.25) is 9.69 Å². The predicted octanol–water partition coefficient (Wildman–Crippen LogP) is 2.68. The summed E-state index contributed by atoms with van der Waals surface area (Å²) in [6, 6.07) is 13.0. The lowest BCUT2D eigenvalue weighted by Crippen LogP contribution is -2.52. The van der Waals surface area contributed by atoms with Gasteiger partial charge in [0.1, 0.15) is 11.6 Å². The van der Waals surface area contributed by atoms with Crippen LogP contribution in [0, 0.1) is 5.82 Å². The molecule has 0 aliphatic carbocycles. The fraction of sp³-hybridized carbons (Fsp3) is 0.316. The maximum Gasteiger partial charge on any atom is 0.241 e. The summed E-state index contributed by atoms with van der Waals surface area (Å²) in [5.74, 6) is -0.385. The highest BCUT2D eigenvalue weighted by Crippen LogP contribution is 2.21. The first-order chi connectivity index (χ1) is 12.0. The molecule has 1 aliphatic heterocycles. The number of hydrogen-bond acceptors (Lipinski definition) is 4. The molecule has 1 heterocycles. The first-order valence-corrected chi connectivity index (χ1v) is 8.38. The van der Waals surface area contributed by atoms with E-state index in [1.165, 1.54) is 6.07 Å². The summed E-state index contributed by atoms with van der Waals surface area (Å²) < 4.78 is 13.7. The van der Waals surface area contributed by atoms with Crippen LogP contribution in [0.5, 0.6) is 5.75 Å². The Labute approximate surface area is 146 Å². The van der Waals surface area contributed by atoms with E-state index in [0.29, 0.717) is 0 Å². The SMILES string of the molecule is C[C@@H](C(=O)Nc1ccccc1F)N1CCN(c2ccc(O)cc2)CC1. The lowest BCUT2D eigenvalue weighted by Gasteiger charge is -2.38. The van der Waals surface area contributed by atoms with Gasteiger partial charge in [0.2, 0.25) is 5.91 Å². The van der Waals surface area contributed by atoms with E-state index in [1.807, 2.05) is 19.1 Å². The Morgan fingerprint density at radius 2 is 1.72 bits per heavy atom. The van der Waals surface area contributed by atoms with Gasteiger partial charge in [-0.05, 0) is 43.3 Å². The average Bonchev–Trinajstić information content (AvgIpc) is 2.64. The molecule has 3 rings (SSSR count). The number of para-hydroxylation sites is 1. The Balaban J connectivity index is 1.56. The first-order valence-electron chi connectivity index (χ1n) is 8.38. The highest BCUT2D eigenvalue weighted by molar-refractivity contribution is 5.94. The fourth-order valence-electron chi connectivity index (χ4n) is 3.00. The predicted molar refractivity (Wildman–Crippen MR) is 96.4 cm³/mol. The highest BCUT2D eigenvalue weighted by Gasteiger charge is 2.26. The van der Waals surface area contributed by atoms with Crippen LogP contribution in [0.4, 0.5) is 15.8 Å². The molecular weight excluding hydrogens is 321 g/mol. The molecule has 0 spiro atoms. The number of aromatic hydroxyl groups is 1. The molecule has 2 aromatic rings. The van der Waals surface area contributed by atoms with Crippen LogP contribution in [-0.2, 0) is 4.79 Å². The van der Waals surface area contributed by atoms with Crippen molar-refractivity contribution in [2.24, 2.45) is 0 Å². The van der Waals surface area contributed by atoms with E-state index in [4.69, 9.17) is 0 Å². The van der Waals surface area contributed by atoms with Gasteiger partial charge in [0.05, 0.1) is 11.7 Å². The molecule has 0 bridgehead atoms. The smallest absolute Gasteiger partial charge is 0.241 e. The minimum absolute atomic E-state index is 0.205. The molecule has 0 radical (unpaired) electrons. The molecule has 0 aromatic heterocycles. The Bertz CT molecular complexity index is 728. The number of nitrogens with one attached hydrogen (secondary N) is 1. The largest absolute Gasteiger partial charge is 0.508 e. The molecule has 1 saturated heterocycles. The first kappa shape index (κ1) is 17.2. The van der Waals surface area contributed by atoms with Crippen molar-refractivity contribution in [3.63, 3.8) is 0 Å². The second kappa shape index (κ2) is 7.53. The summed E-state index contributed by atoms with van der Waals surface area (Å²) in [5, 5.41) is 12.0. The molecular formula is C19H22FN3O2. The number of benzene rings is 2. The highest BCUT2D eigenvalue weighted by atomic mass is 19.1. The number of phenolic OH excluding ortho intramolecular Hbond substituents is 1. The number of nitrogens with zero attached hydrogens (tertiary/aromatic N) is 2. The third-order valence-corrected chi connectivity index (χ3v) is 4.59. The number of amides is 1. The summed E-state index contributed by atoms with van der Waals surface area (Å²) in [6.07, 6.45) is 0. The van der Waals surface area contributed by atoms with Gasteiger partial charge >= 0.3 is 0 Å². The Morgan fingerprint density at radius 3 is 2.36 bits per heavy atom. The lowest BCUT2D eigenvalue weighted by atomic mass is 10.2. The van der Waals surface area contributed by atoms with E-state index in [0.717, 1.165) is 31.9 Å². The summed E-state index contributed by atoms with van der Waals surface area (Å²) in [6.45, 7) is 4.91. The number of piperazine rings is 1. The van der Waals surface area contributed by atoms with E-state index in [-0.39, 0.29) is 23.4 Å². The van der Waals surface area contributed by atoms with Crippen LogP contribution in [0.15, 0.2) is 48.5 Å². The van der Waals surface area contributed by atoms with Crippen LogP contribution in [0.2, 0.25) is 0 Å². The van der Waals surface area contributed by atoms with Gasteiger partial charge in [-0.15, -0.1) is 0 Å². The van der Waals surface area contributed by atoms with Crippen LogP contribution < -0.4 is 10.2 Å². The third-order valence-electron chi connectivity index (χ3n) is 4.59. The van der Waals surface area contributed by atoms with Gasteiger partial charge in [0.15, 0.2) is 0 Å². The Morgan fingerprint density at radius 1 is 1.08 bits per heavy atom. The fourth-order valence-corrected chi connectivity index (χ4v) is 3.00. The maximum atomic E-state index is 13.7. The van der Waals surface area contributed by atoms with Crippen LogP contribution in [0.25, 0.3) is 0 Å². The summed E-state index contributed by atoms with van der Waals surface area (Å²) in [4.78, 5) is 16.7. The standard InChI is InChI=1S/C19H22FN3O2/c1-14(19(25)21-18-5-3-2-4-17(18)20)22-10-12-23(13-11-22)15-6-8-16(24)9-7-15/h2-9,14,24H,10-13H2,1H3,(H,21,25)/t14-/m0/s1. The van der Waals surface area contributed by atoms with Crippen molar-refractivity contribution in [3.8, 4) is 5.75 Å². The summed E-state index contributed by atoms with van der Waals surface area (Å²) in [7, 11) is 0. The number of rotatable bonds is 4. The van der Waals surface area contributed by atoms with Crippen LogP contribution in [0.1, 0.15) is 6.92 Å². The second-order valence-electron chi connectivity index (χ2n) is 6.18. The molecule has 0 unspecified atom stereocenters. The zero-order valence-corrected chi connectivity index (χ0v) is 14.2. The number of phenols is 1. The van der Waals surface area contributed by atoms with Crippen molar-refractivity contribution in [2.45, 2.75) is 13.0 Å². The van der Waals surface area contributed by atoms with Crippen molar-refractivity contribution < 1.29 is 14.3 Å². The molecule has 132 valence electrons. The number of carbonyl (C=O) groups excluding carboxylic acids is 1. The number of halogens is 1. The summed E-state index contributed by atoms with van der Waals surface area (Å²) >= 11 is 0. The monoisotopic (exact) mass is 343 g/mol. The molecule has 25 heavy (non-hydrogen) atoms. The minimum atomic E-state index is -0.430. The van der Waals surface area contributed by atoms with E-state index < -0.39 is 5.82 Å². The van der Waals surface area contributed by atoms with Gasteiger partial charge in [0, 0.05) is 31.9 Å². The molecule has 1 aliphatic rings. The number of anilines is 2. The van der Waals surface area contributed by atoms with Crippen molar-refractivity contribution in [2.75, 3.05) is 36.4 Å². The Hall–Kier alpha value is -2.60. The molecule has 1 fully saturated rings. The third kappa shape index (κ3) is 4.09. The maximum absolute atomic E-state index is 13.7. The zero-order chi connectivity index (χ0) is 17.8. The van der Waals surface area contributed by atoms with E-state index in [1.54, 1.807) is 30.3 Å². The molecule has 0 saturated carbocycles. The van der Waals surface area contributed by atoms with Gasteiger partial charge < -0.3 is 15.3 Å². The molecule has 1 atom stereocenters. The average molecular weight is 343 g/mol. The molecule has 2 N–H and O–H groups in total. The van der Waals surface area contributed by atoms with Crippen molar-refractivity contribution in [1.29, 1.82) is 0 Å². The van der Waals surface area contributed by atoms with E-state index in [2.05, 4.69) is 15.1 Å². The van der Waals surface area contributed by atoms with Gasteiger partial charge in [0.25, 0.3) is 0 Å². The number of carbonyl (C=O) groups is 1. The van der Waals surface area contributed by atoms with Crippen molar-refractivity contribution >= 4 is 17.3 Å². The van der Waals surface area contributed by atoms with Crippen molar-refractivity contribution in [3.05, 3.63) is 54.3 Å². The van der Waals surface area contributed by atoms with Crippen LogP contribution in [-0.4, -0.2) is 48.1 Å². The topological polar surface area (TPSA) is 55.8 Å². The van der Waals surface area contributed by atoms with Gasteiger partial charge in [-0.25, -0.2) is 4.39 Å². The van der Waals surface area contributed by atoms with Crippen LogP contribution >= 0.6 is 0 Å². The summed E-state index contributed by atoms with van der Waals surface area (Å²) in [5.41, 5.74) is 1.27. The van der Waals surface area contributed by atoms with E-state index >= 15 is 0 Å². The van der Waals surface area contributed by atoms with Crippen molar-refractivity contribution in [1.82, 2.24) is 4.90 Å². The quantitative estimate of drug-likeness (QED) is 0.896. The Kier molecular flexibility index (Phi) is 5.19. The van der Waals surface area contributed by atoms with E-state index in [9.17, 15) is 14.3 Å². The normalized spacial score (nSPS) is 16.5. The number of hydrogen-bond donors (Lipinski definition) is 2. The molecule has 1 amide bonds. The second-order valence-corrected chi connectivity index (χ2v) is 6.18. The zero-order valence-electron chi connectivity index (χ0n) is 14.2. The lowest BCUT2D eigenvalue weighted by molar-refractivity contribution is -0.120. The van der Waals surface area contributed by atoms with Gasteiger partial charge in [-0.1, -0.05) is 12.1 Å². The molecule has 6 heteroatoms.